The Morgan fingerprint density at radius 1 is 1.08 bits per heavy atom. The molecule has 0 radical (unpaired) electrons. The summed E-state index contributed by atoms with van der Waals surface area (Å²) in [6, 6.07) is 17.9. The summed E-state index contributed by atoms with van der Waals surface area (Å²) < 4.78 is 5.42. The van der Waals surface area contributed by atoms with Gasteiger partial charge in [0.1, 0.15) is 11.6 Å². The highest BCUT2D eigenvalue weighted by atomic mass is 35.5. The van der Waals surface area contributed by atoms with Gasteiger partial charge in [-0.05, 0) is 61.5 Å². The summed E-state index contributed by atoms with van der Waals surface area (Å²) in [6.07, 6.45) is 1.59. The summed E-state index contributed by atoms with van der Waals surface area (Å²) in [7, 11) is 0. The van der Waals surface area contributed by atoms with Gasteiger partial charge in [0, 0.05) is 28.2 Å². The zero-order valence-electron chi connectivity index (χ0n) is 14.2. The summed E-state index contributed by atoms with van der Waals surface area (Å²) in [4.78, 5) is 16.7. The number of pyridine rings is 1. The predicted octanol–water partition coefficient (Wildman–Crippen LogP) is 5.13. The number of carbonyl (C=O) groups excluding carboxylic acids is 1. The van der Waals surface area contributed by atoms with E-state index in [0.29, 0.717) is 28.7 Å². The molecular weight excluding hydrogens is 350 g/mol. The van der Waals surface area contributed by atoms with Crippen molar-refractivity contribution in [2.45, 2.75) is 6.92 Å². The molecule has 0 atom stereocenters. The highest BCUT2D eigenvalue weighted by Gasteiger charge is 2.08. The molecule has 0 fully saturated rings. The Bertz CT molecular complexity index is 898. The summed E-state index contributed by atoms with van der Waals surface area (Å²) in [5.74, 6) is 1.15. The standard InChI is InChI=1S/C20H18ClN3O2/c1-2-26-18-8-6-16(7-9-18)23-19-12-14(10-11-22-19)20(25)24-17-5-3-4-15(21)13-17/h3-13H,2H2,1H3,(H,22,23)(H,24,25). The first kappa shape index (κ1) is 17.8. The minimum absolute atomic E-state index is 0.232. The fourth-order valence-corrected chi connectivity index (χ4v) is 2.55. The number of aromatic nitrogens is 1. The number of hydrogen-bond donors (Lipinski definition) is 2. The monoisotopic (exact) mass is 367 g/mol. The van der Waals surface area contributed by atoms with Crippen molar-refractivity contribution in [3.8, 4) is 5.75 Å². The lowest BCUT2D eigenvalue weighted by molar-refractivity contribution is 0.102. The van der Waals surface area contributed by atoms with Gasteiger partial charge >= 0.3 is 0 Å². The van der Waals surface area contributed by atoms with Crippen LogP contribution in [0.1, 0.15) is 17.3 Å². The van der Waals surface area contributed by atoms with Gasteiger partial charge in [-0.2, -0.15) is 0 Å². The van der Waals surface area contributed by atoms with Gasteiger partial charge in [0.2, 0.25) is 0 Å². The van der Waals surface area contributed by atoms with Gasteiger partial charge in [-0.3, -0.25) is 4.79 Å². The SMILES string of the molecule is CCOc1ccc(Nc2cc(C(=O)Nc3cccc(Cl)c3)ccn2)cc1. The second-order valence-electron chi connectivity index (χ2n) is 5.48. The molecule has 6 heteroatoms. The van der Waals surface area contributed by atoms with E-state index in [0.717, 1.165) is 11.4 Å². The van der Waals surface area contributed by atoms with Gasteiger partial charge in [0.15, 0.2) is 0 Å². The number of benzene rings is 2. The van der Waals surface area contributed by atoms with Gasteiger partial charge in [-0.25, -0.2) is 4.98 Å². The van der Waals surface area contributed by atoms with Crippen LogP contribution in [0.25, 0.3) is 0 Å². The minimum atomic E-state index is -0.232. The van der Waals surface area contributed by atoms with Crippen LogP contribution < -0.4 is 15.4 Å². The van der Waals surface area contributed by atoms with E-state index in [1.807, 2.05) is 31.2 Å². The molecule has 0 aliphatic rings. The molecule has 1 aromatic heterocycles. The number of halogens is 1. The summed E-state index contributed by atoms with van der Waals surface area (Å²) in [5.41, 5.74) is 1.99. The molecule has 0 aliphatic carbocycles. The Labute approximate surface area is 157 Å². The number of amides is 1. The number of hydrogen-bond acceptors (Lipinski definition) is 4. The van der Waals surface area contributed by atoms with Gasteiger partial charge < -0.3 is 15.4 Å². The van der Waals surface area contributed by atoms with Crippen molar-refractivity contribution in [3.05, 3.63) is 77.4 Å². The molecule has 132 valence electrons. The molecule has 0 saturated carbocycles. The second kappa shape index (κ2) is 8.36. The van der Waals surface area contributed by atoms with Crippen molar-refractivity contribution < 1.29 is 9.53 Å². The van der Waals surface area contributed by atoms with E-state index < -0.39 is 0 Å². The van der Waals surface area contributed by atoms with Crippen molar-refractivity contribution >= 4 is 34.7 Å². The molecule has 1 heterocycles. The fraction of sp³-hybridized carbons (Fsp3) is 0.100. The van der Waals surface area contributed by atoms with Crippen LogP contribution in [0.3, 0.4) is 0 Å². The van der Waals surface area contributed by atoms with E-state index in [-0.39, 0.29) is 5.91 Å². The van der Waals surface area contributed by atoms with Crippen LogP contribution in [0.4, 0.5) is 17.2 Å². The third-order valence-corrected chi connectivity index (χ3v) is 3.78. The molecule has 2 aromatic carbocycles. The summed E-state index contributed by atoms with van der Waals surface area (Å²) in [5, 5.41) is 6.56. The molecule has 2 N–H and O–H groups in total. The zero-order valence-corrected chi connectivity index (χ0v) is 15.0. The Balaban J connectivity index is 1.70. The number of nitrogens with zero attached hydrogens (tertiary/aromatic N) is 1. The molecule has 0 aliphatic heterocycles. The van der Waals surface area contributed by atoms with E-state index in [1.165, 1.54) is 0 Å². The van der Waals surface area contributed by atoms with Crippen LogP contribution >= 0.6 is 11.6 Å². The van der Waals surface area contributed by atoms with Crippen molar-refractivity contribution in [2.24, 2.45) is 0 Å². The number of carbonyl (C=O) groups is 1. The van der Waals surface area contributed by atoms with Crippen molar-refractivity contribution in [2.75, 3.05) is 17.2 Å². The number of rotatable bonds is 6. The lowest BCUT2D eigenvalue weighted by Crippen LogP contribution is -2.12. The topological polar surface area (TPSA) is 63.2 Å². The molecular formula is C20H18ClN3O2. The van der Waals surface area contributed by atoms with E-state index in [2.05, 4.69) is 15.6 Å². The zero-order chi connectivity index (χ0) is 18.4. The highest BCUT2D eigenvalue weighted by molar-refractivity contribution is 6.31. The van der Waals surface area contributed by atoms with E-state index in [1.54, 1.807) is 42.6 Å². The van der Waals surface area contributed by atoms with Gasteiger partial charge in [0.05, 0.1) is 6.61 Å². The Morgan fingerprint density at radius 3 is 2.62 bits per heavy atom. The third-order valence-electron chi connectivity index (χ3n) is 3.54. The van der Waals surface area contributed by atoms with Gasteiger partial charge in [0.25, 0.3) is 5.91 Å². The van der Waals surface area contributed by atoms with Crippen LogP contribution in [0.5, 0.6) is 5.75 Å². The summed E-state index contributed by atoms with van der Waals surface area (Å²) in [6.45, 7) is 2.56. The van der Waals surface area contributed by atoms with E-state index in [9.17, 15) is 4.79 Å². The van der Waals surface area contributed by atoms with Crippen molar-refractivity contribution in [1.29, 1.82) is 0 Å². The average molecular weight is 368 g/mol. The Morgan fingerprint density at radius 2 is 1.88 bits per heavy atom. The molecule has 0 unspecified atom stereocenters. The maximum atomic E-state index is 12.4. The molecule has 1 amide bonds. The average Bonchev–Trinajstić information content (AvgIpc) is 2.64. The summed E-state index contributed by atoms with van der Waals surface area (Å²) >= 11 is 5.94. The second-order valence-corrected chi connectivity index (χ2v) is 5.91. The molecule has 0 saturated heterocycles. The molecule has 3 aromatic rings. The van der Waals surface area contributed by atoms with E-state index in [4.69, 9.17) is 16.3 Å². The maximum absolute atomic E-state index is 12.4. The van der Waals surface area contributed by atoms with Crippen LogP contribution in [0.2, 0.25) is 5.02 Å². The van der Waals surface area contributed by atoms with Crippen LogP contribution in [-0.2, 0) is 0 Å². The van der Waals surface area contributed by atoms with Crippen molar-refractivity contribution in [3.63, 3.8) is 0 Å². The maximum Gasteiger partial charge on any atom is 0.255 e. The van der Waals surface area contributed by atoms with Gasteiger partial charge in [-0.1, -0.05) is 17.7 Å². The molecule has 5 nitrogen and oxygen atoms in total. The molecule has 26 heavy (non-hydrogen) atoms. The third kappa shape index (κ3) is 4.74. The fourth-order valence-electron chi connectivity index (χ4n) is 2.36. The largest absolute Gasteiger partial charge is 0.494 e. The predicted molar refractivity (Wildman–Crippen MR) is 105 cm³/mol. The first-order chi connectivity index (χ1) is 12.6. The number of ether oxygens (including phenoxy) is 1. The molecule has 0 spiro atoms. The minimum Gasteiger partial charge on any atom is -0.494 e. The highest BCUT2D eigenvalue weighted by Crippen LogP contribution is 2.20. The quantitative estimate of drug-likeness (QED) is 0.634. The number of nitrogens with one attached hydrogen (secondary N) is 2. The normalized spacial score (nSPS) is 10.2. The van der Waals surface area contributed by atoms with Crippen LogP contribution in [0.15, 0.2) is 66.9 Å². The van der Waals surface area contributed by atoms with Crippen LogP contribution in [0, 0.1) is 0 Å². The van der Waals surface area contributed by atoms with Crippen molar-refractivity contribution in [1.82, 2.24) is 4.98 Å². The lowest BCUT2D eigenvalue weighted by atomic mass is 10.2. The first-order valence-electron chi connectivity index (χ1n) is 8.17. The van der Waals surface area contributed by atoms with E-state index >= 15 is 0 Å². The van der Waals surface area contributed by atoms with Crippen LogP contribution in [-0.4, -0.2) is 17.5 Å². The lowest BCUT2D eigenvalue weighted by Gasteiger charge is -2.09. The molecule has 3 rings (SSSR count). The molecule has 0 bridgehead atoms. The Hall–Kier alpha value is -3.05. The first-order valence-corrected chi connectivity index (χ1v) is 8.54. The smallest absolute Gasteiger partial charge is 0.255 e. The Kier molecular flexibility index (Phi) is 5.71. The number of anilines is 3. The van der Waals surface area contributed by atoms with Gasteiger partial charge in [-0.15, -0.1) is 0 Å².